The number of ketones is 1. The van der Waals surface area contributed by atoms with Crippen LogP contribution in [0.5, 0.6) is 17.2 Å². The van der Waals surface area contributed by atoms with Crippen LogP contribution in [0.25, 0.3) is 10.8 Å². The van der Waals surface area contributed by atoms with E-state index >= 15 is 0 Å². The number of fused-ring (bicyclic) bond motifs is 13. The van der Waals surface area contributed by atoms with Gasteiger partial charge in [0, 0.05) is 94.6 Å². The summed E-state index contributed by atoms with van der Waals surface area (Å²) in [4.78, 5) is 60.3. The molecule has 2 aromatic carbocycles. The van der Waals surface area contributed by atoms with Crippen molar-refractivity contribution in [2.45, 2.75) is 144 Å². The van der Waals surface area contributed by atoms with E-state index in [2.05, 4.69) is 40.8 Å². The molecule has 5 bridgehead atoms. The molecular weight excluding hydrogens is 901 g/mol. The van der Waals surface area contributed by atoms with Gasteiger partial charge in [0.2, 0.25) is 0 Å². The lowest BCUT2D eigenvalue weighted by Crippen LogP contribution is -2.50. The summed E-state index contributed by atoms with van der Waals surface area (Å²) >= 11 is 0. The minimum absolute atomic E-state index is 0.00294. The van der Waals surface area contributed by atoms with Crippen LogP contribution in [0, 0.1) is 42.4 Å². The molecule has 1 spiro atoms. The molecular formula is C56H80N6O9. The fraction of sp³-hybridized carbons (Fsp3) is 0.661. The largest absolute Gasteiger partial charge is 0.507 e. The number of esters is 1. The van der Waals surface area contributed by atoms with Crippen LogP contribution in [0.3, 0.4) is 0 Å². The molecule has 1 saturated carbocycles. The molecule has 388 valence electrons. The second-order valence-electron chi connectivity index (χ2n) is 22.6. The van der Waals surface area contributed by atoms with Crippen LogP contribution >= 0.6 is 0 Å². The summed E-state index contributed by atoms with van der Waals surface area (Å²) in [5.74, 6) is -3.46. The number of carbonyl (C=O) groups is 3. The number of hydrogen-bond acceptors (Lipinski definition) is 14. The third kappa shape index (κ3) is 11.2. The summed E-state index contributed by atoms with van der Waals surface area (Å²) in [5, 5.41) is 39.6. The predicted molar refractivity (Wildman–Crippen MR) is 274 cm³/mol. The highest BCUT2D eigenvalue weighted by Crippen LogP contribution is 2.50. The molecule has 9 rings (SSSR count). The Morgan fingerprint density at radius 3 is 2.27 bits per heavy atom. The molecule has 71 heavy (non-hydrogen) atoms. The quantitative estimate of drug-likeness (QED) is 0.160. The van der Waals surface area contributed by atoms with Crippen molar-refractivity contribution in [3.63, 3.8) is 0 Å². The minimum Gasteiger partial charge on any atom is -0.507 e. The molecule has 15 heteroatoms. The highest BCUT2D eigenvalue weighted by Gasteiger charge is 2.50. The summed E-state index contributed by atoms with van der Waals surface area (Å²) in [7, 11) is 0. The zero-order valence-corrected chi connectivity index (χ0v) is 43.8. The van der Waals surface area contributed by atoms with Crippen LogP contribution < -0.4 is 20.8 Å². The average molecular weight is 981 g/mol. The Morgan fingerprint density at radius 1 is 0.901 bits per heavy atom. The number of hydrogen-bond donors (Lipinski definition) is 4. The number of aliphatic hydroxyl groups excluding tert-OH is 1. The number of anilines is 1. The fourth-order valence-electron chi connectivity index (χ4n) is 12.0. The fourth-order valence-corrected chi connectivity index (χ4v) is 12.0. The van der Waals surface area contributed by atoms with Crippen molar-refractivity contribution in [3.05, 3.63) is 58.0 Å². The maximum Gasteiger partial charge on any atom is 0.320 e. The van der Waals surface area contributed by atoms with Crippen LogP contribution in [0.15, 0.2) is 46.1 Å². The summed E-state index contributed by atoms with van der Waals surface area (Å²) in [6.07, 6.45) is 16.1. The Balaban J connectivity index is 1.10. The van der Waals surface area contributed by atoms with Crippen molar-refractivity contribution in [1.82, 2.24) is 14.7 Å². The molecule has 7 atom stereocenters. The number of amides is 1. The first-order chi connectivity index (χ1) is 33.8. The van der Waals surface area contributed by atoms with Gasteiger partial charge in [-0.3, -0.25) is 29.3 Å². The number of allylic oxidation sites excluding steroid dienone is 4. The van der Waals surface area contributed by atoms with Gasteiger partial charge in [0.15, 0.2) is 11.4 Å². The number of nitrogens with one attached hydrogen (secondary N) is 1. The van der Waals surface area contributed by atoms with Crippen LogP contribution in [0.4, 0.5) is 5.69 Å². The number of nitrogens with zero attached hydrogens (tertiary/aromatic N) is 5. The average Bonchev–Trinajstić information content (AvgIpc) is 3.84. The van der Waals surface area contributed by atoms with Crippen LogP contribution in [-0.4, -0.2) is 130 Å². The molecule has 6 aliphatic heterocycles. The van der Waals surface area contributed by atoms with E-state index in [9.17, 15) is 29.7 Å². The van der Waals surface area contributed by atoms with E-state index < -0.39 is 47.0 Å². The van der Waals surface area contributed by atoms with Gasteiger partial charge in [-0.15, -0.1) is 0 Å². The first-order valence-electron chi connectivity index (χ1n) is 26.6. The number of piperidine rings is 1. The second kappa shape index (κ2) is 21.7. The predicted octanol–water partition coefficient (Wildman–Crippen LogP) is 7.33. The lowest BCUT2D eigenvalue weighted by molar-refractivity contribution is -0.160. The van der Waals surface area contributed by atoms with Gasteiger partial charge in [0.25, 0.3) is 11.7 Å². The van der Waals surface area contributed by atoms with E-state index in [1.54, 1.807) is 26.0 Å². The first-order valence-corrected chi connectivity index (χ1v) is 26.6. The van der Waals surface area contributed by atoms with Gasteiger partial charge < -0.3 is 44.6 Å². The van der Waals surface area contributed by atoms with Gasteiger partial charge in [0.1, 0.15) is 28.6 Å². The van der Waals surface area contributed by atoms with Gasteiger partial charge in [-0.25, -0.2) is 0 Å². The Bertz CT molecular complexity index is 2550. The number of piperazine rings is 1. The van der Waals surface area contributed by atoms with Crippen molar-refractivity contribution in [3.8, 4) is 17.2 Å². The molecule has 3 fully saturated rings. The Hall–Kier alpha value is -4.83. The Morgan fingerprint density at radius 2 is 1.58 bits per heavy atom. The van der Waals surface area contributed by atoms with Crippen molar-refractivity contribution in [2.75, 3.05) is 64.2 Å². The van der Waals surface area contributed by atoms with Gasteiger partial charge in [-0.2, -0.15) is 0 Å². The van der Waals surface area contributed by atoms with Crippen molar-refractivity contribution < 1.29 is 43.9 Å². The molecule has 15 nitrogen and oxygen atoms in total. The highest BCUT2D eigenvalue weighted by atomic mass is 16.7. The molecule has 2 saturated heterocycles. The molecule has 0 aromatic heterocycles. The third-order valence-corrected chi connectivity index (χ3v) is 16.2. The lowest BCUT2D eigenvalue weighted by atomic mass is 9.80. The number of phenols is 2. The standard InChI is InChI=1S/C56H80N6O9/c1-33(2)30-60-22-20-56(21-23-60)58-45-42-43-49(65)39(8)52-44(42)53(67)55(9,71-52)69-28-14-17-35(4)51(70-41(63)32-62-26-24-61(25-27-62)31-40-18-11-10-12-19-40)38(7)48(64)37(6)29-34(3)15-13-16-36(5)54(68)57-47(50(43)66)46(45)59-56/h13-16,28,33-35,37-38,40,48,51,64-66H,10-12,17-27,29-32H2,1-9H3,(H,57,68)/b15-13+,28-14+,36-16-/t34?,35-,37-,38-,48-,51?,55?/m1/s1. The smallest absolute Gasteiger partial charge is 0.320 e. The number of Topliss-reactive ketones (excluding diaryl/α,β-unsaturated/α-hetero) is 1. The maximum atomic E-state index is 14.9. The van der Waals surface area contributed by atoms with E-state index in [4.69, 9.17) is 24.2 Å². The third-order valence-electron chi connectivity index (χ3n) is 16.2. The topological polar surface area (TPSA) is 186 Å². The van der Waals surface area contributed by atoms with Gasteiger partial charge in [-0.1, -0.05) is 79.0 Å². The zero-order valence-electron chi connectivity index (χ0n) is 43.8. The molecule has 1 aliphatic carbocycles. The van der Waals surface area contributed by atoms with E-state index in [1.165, 1.54) is 45.3 Å². The number of likely N-dealkylation sites (tertiary alicyclic amines) is 1. The second-order valence-corrected chi connectivity index (χ2v) is 22.6. The zero-order chi connectivity index (χ0) is 50.9. The SMILES string of the molecule is C/C1=C/C=C/C(C)C[C@@H](C)[C@@H](O)[C@@H](C)C(OC(=O)CN2CCN(CC3CCCCC3)CC2)[C@H](C)C/C=C/OC2(C)Oc3c(C)c(O)c4c(O)c(c5c(c4c3C2=O)=NC2(CCN(CC(C)C)CC2)N=5)NC1=O. The molecule has 7 aliphatic rings. The van der Waals surface area contributed by atoms with Crippen LogP contribution in [0.2, 0.25) is 0 Å². The number of carbonyl (C=O) groups excluding carboxylic acids is 3. The van der Waals surface area contributed by atoms with Gasteiger partial charge >= 0.3 is 11.8 Å². The van der Waals surface area contributed by atoms with E-state index in [-0.39, 0.29) is 80.1 Å². The number of aromatic hydroxyl groups is 2. The number of aliphatic hydroxyl groups is 1. The minimum atomic E-state index is -1.87. The molecule has 0 radical (unpaired) electrons. The summed E-state index contributed by atoms with van der Waals surface area (Å²) in [6.45, 7) is 24.3. The lowest BCUT2D eigenvalue weighted by Gasteiger charge is -2.38. The molecule has 1 amide bonds. The first kappa shape index (κ1) is 52.5. The molecule has 3 unspecified atom stereocenters. The van der Waals surface area contributed by atoms with Gasteiger partial charge in [0.05, 0.1) is 35.2 Å². The molecule has 2 aromatic rings. The Labute approximate surface area is 420 Å². The monoisotopic (exact) mass is 981 g/mol. The summed E-state index contributed by atoms with van der Waals surface area (Å²) in [5.41, 5.74) is -0.266. The number of phenolic OH excluding ortho intramolecular Hbond substituents is 2. The highest BCUT2D eigenvalue weighted by molar-refractivity contribution is 6.19. The van der Waals surface area contributed by atoms with E-state index in [0.717, 1.165) is 58.3 Å². The van der Waals surface area contributed by atoms with Crippen molar-refractivity contribution >= 4 is 34.1 Å². The van der Waals surface area contributed by atoms with Gasteiger partial charge in [-0.05, 0) is 75.2 Å². The Kier molecular flexibility index (Phi) is 16.1. The number of benzene rings is 2. The number of rotatable bonds is 7. The van der Waals surface area contributed by atoms with Crippen molar-refractivity contribution in [2.24, 2.45) is 45.5 Å². The molecule has 4 N–H and O–H groups in total. The molecule has 6 heterocycles. The summed E-state index contributed by atoms with van der Waals surface area (Å²) < 4.78 is 19.0. The normalized spacial score (nSPS) is 31.1. The van der Waals surface area contributed by atoms with E-state index in [1.807, 2.05) is 32.9 Å². The van der Waals surface area contributed by atoms with Crippen LogP contribution in [0.1, 0.15) is 129 Å². The number of ether oxygens (including phenoxy) is 3. The van der Waals surface area contributed by atoms with Crippen molar-refractivity contribution in [1.29, 1.82) is 0 Å². The summed E-state index contributed by atoms with van der Waals surface area (Å²) in [6, 6.07) is 0. The van der Waals surface area contributed by atoms with Crippen LogP contribution in [-0.2, 0) is 19.1 Å². The van der Waals surface area contributed by atoms with E-state index in [0.29, 0.717) is 37.2 Å². The maximum absolute atomic E-state index is 14.9.